The van der Waals surface area contributed by atoms with Gasteiger partial charge in [0.05, 0.1) is 5.52 Å². The van der Waals surface area contributed by atoms with Crippen molar-refractivity contribution in [2.75, 3.05) is 0 Å². The molecular formula is C8H6N2O3. The molecule has 1 N–H and O–H groups in total. The van der Waals surface area contributed by atoms with Crippen LogP contribution in [0.1, 0.15) is 5.69 Å². The summed E-state index contributed by atoms with van der Waals surface area (Å²) in [7, 11) is 0. The summed E-state index contributed by atoms with van der Waals surface area (Å²) in [6.45, 7) is 1.75. The number of pyridine rings is 1. The van der Waals surface area contributed by atoms with Crippen molar-refractivity contribution in [1.82, 2.24) is 9.97 Å². The van der Waals surface area contributed by atoms with Gasteiger partial charge in [-0.2, -0.15) is 0 Å². The van der Waals surface area contributed by atoms with Gasteiger partial charge in [0.1, 0.15) is 0 Å². The minimum absolute atomic E-state index is 0.152. The third kappa shape index (κ3) is 1.24. The van der Waals surface area contributed by atoms with Crippen LogP contribution in [0.5, 0.6) is 0 Å². The standard InChI is InChI=1S/C8H6N2O3/c1-4-2-3-5-6(9-4)7(11)13-8(12)10-5/h2-3H,1H3,(H,10,12). The molecule has 0 radical (unpaired) electrons. The molecule has 0 amide bonds. The van der Waals surface area contributed by atoms with Gasteiger partial charge in [0.25, 0.3) is 0 Å². The molecule has 5 heteroatoms. The Morgan fingerprint density at radius 3 is 2.92 bits per heavy atom. The van der Waals surface area contributed by atoms with Gasteiger partial charge in [-0.1, -0.05) is 0 Å². The summed E-state index contributed by atoms with van der Waals surface area (Å²) >= 11 is 0. The largest absolute Gasteiger partial charge is 0.419 e. The van der Waals surface area contributed by atoms with E-state index in [9.17, 15) is 9.59 Å². The second-order valence-corrected chi connectivity index (χ2v) is 2.65. The van der Waals surface area contributed by atoms with Gasteiger partial charge >= 0.3 is 11.4 Å². The number of hydrogen-bond acceptors (Lipinski definition) is 4. The third-order valence-electron chi connectivity index (χ3n) is 1.65. The quantitative estimate of drug-likeness (QED) is 0.624. The molecule has 0 spiro atoms. The summed E-state index contributed by atoms with van der Waals surface area (Å²) in [5, 5.41) is 0. The van der Waals surface area contributed by atoms with Crippen LogP contribution in [0.3, 0.4) is 0 Å². The fraction of sp³-hybridized carbons (Fsp3) is 0.125. The fourth-order valence-corrected chi connectivity index (χ4v) is 1.08. The highest BCUT2D eigenvalue weighted by molar-refractivity contribution is 5.71. The molecule has 2 aromatic rings. The Morgan fingerprint density at radius 1 is 1.38 bits per heavy atom. The van der Waals surface area contributed by atoms with Gasteiger partial charge < -0.3 is 4.42 Å². The minimum Gasteiger partial charge on any atom is -0.371 e. The molecule has 13 heavy (non-hydrogen) atoms. The van der Waals surface area contributed by atoms with Crippen molar-refractivity contribution in [2.45, 2.75) is 6.92 Å². The van der Waals surface area contributed by atoms with Crippen molar-refractivity contribution < 1.29 is 4.42 Å². The van der Waals surface area contributed by atoms with Crippen LogP contribution >= 0.6 is 0 Å². The molecule has 0 aliphatic rings. The number of rotatable bonds is 0. The van der Waals surface area contributed by atoms with Gasteiger partial charge in [-0.05, 0) is 19.1 Å². The van der Waals surface area contributed by atoms with Crippen molar-refractivity contribution in [1.29, 1.82) is 0 Å². The Labute approximate surface area is 72.0 Å². The smallest absolute Gasteiger partial charge is 0.371 e. The summed E-state index contributed by atoms with van der Waals surface area (Å²) in [6.07, 6.45) is 0. The zero-order chi connectivity index (χ0) is 9.42. The van der Waals surface area contributed by atoms with Crippen molar-refractivity contribution >= 4 is 11.0 Å². The molecule has 2 heterocycles. The third-order valence-corrected chi connectivity index (χ3v) is 1.65. The summed E-state index contributed by atoms with van der Waals surface area (Å²) < 4.78 is 4.32. The monoisotopic (exact) mass is 178 g/mol. The van der Waals surface area contributed by atoms with E-state index in [1.54, 1.807) is 19.1 Å². The van der Waals surface area contributed by atoms with Crippen LogP contribution in [0.4, 0.5) is 0 Å². The summed E-state index contributed by atoms with van der Waals surface area (Å²) in [5.41, 5.74) is 0.542. The van der Waals surface area contributed by atoms with E-state index in [0.29, 0.717) is 11.2 Å². The molecule has 0 atom stereocenters. The van der Waals surface area contributed by atoms with Crippen LogP contribution in [0.15, 0.2) is 26.1 Å². The SMILES string of the molecule is Cc1ccc2[nH]c(=O)oc(=O)c2n1. The Balaban J connectivity index is 3.04. The maximum atomic E-state index is 11.1. The van der Waals surface area contributed by atoms with Crippen LogP contribution in [0, 0.1) is 6.92 Å². The number of hydrogen-bond donors (Lipinski definition) is 1. The van der Waals surface area contributed by atoms with Crippen LogP contribution < -0.4 is 11.4 Å². The maximum Gasteiger partial charge on any atom is 0.419 e. The highest BCUT2D eigenvalue weighted by Crippen LogP contribution is 2.02. The Morgan fingerprint density at radius 2 is 2.15 bits per heavy atom. The van der Waals surface area contributed by atoms with E-state index in [4.69, 9.17) is 0 Å². The van der Waals surface area contributed by atoms with Gasteiger partial charge in [-0.15, -0.1) is 0 Å². The summed E-state index contributed by atoms with van der Waals surface area (Å²) in [4.78, 5) is 28.2. The molecule has 0 unspecified atom stereocenters. The van der Waals surface area contributed by atoms with Crippen molar-refractivity contribution in [2.24, 2.45) is 0 Å². The van der Waals surface area contributed by atoms with E-state index >= 15 is 0 Å². The van der Waals surface area contributed by atoms with E-state index < -0.39 is 11.4 Å². The number of fused-ring (bicyclic) bond motifs is 1. The highest BCUT2D eigenvalue weighted by atomic mass is 16.4. The topological polar surface area (TPSA) is 76.0 Å². The zero-order valence-corrected chi connectivity index (χ0v) is 6.83. The normalized spacial score (nSPS) is 10.5. The lowest BCUT2D eigenvalue weighted by Gasteiger charge is -1.94. The number of nitrogens with one attached hydrogen (secondary N) is 1. The lowest BCUT2D eigenvalue weighted by molar-refractivity contribution is 0.458. The van der Waals surface area contributed by atoms with Gasteiger partial charge in [0, 0.05) is 5.69 Å². The molecule has 0 aromatic carbocycles. The molecular weight excluding hydrogens is 172 g/mol. The number of nitrogens with zero attached hydrogens (tertiary/aromatic N) is 1. The molecule has 0 saturated heterocycles. The maximum absolute atomic E-state index is 11.1. The van der Waals surface area contributed by atoms with Crippen molar-refractivity contribution in [3.63, 3.8) is 0 Å². The first-order valence-corrected chi connectivity index (χ1v) is 3.67. The predicted molar refractivity (Wildman–Crippen MR) is 45.6 cm³/mol. The molecule has 5 nitrogen and oxygen atoms in total. The molecule has 0 aliphatic carbocycles. The minimum atomic E-state index is -0.761. The lowest BCUT2D eigenvalue weighted by atomic mass is 10.3. The second-order valence-electron chi connectivity index (χ2n) is 2.65. The van der Waals surface area contributed by atoms with Crippen molar-refractivity contribution in [3.05, 3.63) is 38.8 Å². The highest BCUT2D eigenvalue weighted by Gasteiger charge is 2.02. The number of aromatic amines is 1. The Bertz CT molecular complexity index is 567. The van der Waals surface area contributed by atoms with Crippen LogP contribution in [-0.4, -0.2) is 9.97 Å². The first-order chi connectivity index (χ1) is 6.16. The summed E-state index contributed by atoms with van der Waals surface area (Å²) in [6, 6.07) is 3.33. The van der Waals surface area contributed by atoms with Crippen molar-refractivity contribution in [3.8, 4) is 0 Å². The first kappa shape index (κ1) is 7.72. The van der Waals surface area contributed by atoms with Gasteiger partial charge in [0.2, 0.25) is 0 Å². The van der Waals surface area contributed by atoms with Gasteiger partial charge in [0.15, 0.2) is 5.52 Å². The van der Waals surface area contributed by atoms with Gasteiger partial charge in [-0.3, -0.25) is 4.98 Å². The number of aryl methyl sites for hydroxylation is 1. The van der Waals surface area contributed by atoms with Crippen LogP contribution in [0.2, 0.25) is 0 Å². The van der Waals surface area contributed by atoms with Crippen LogP contribution in [0.25, 0.3) is 11.0 Å². The molecule has 66 valence electrons. The van der Waals surface area contributed by atoms with E-state index in [2.05, 4.69) is 14.4 Å². The molecule has 2 rings (SSSR count). The van der Waals surface area contributed by atoms with E-state index in [0.717, 1.165) is 0 Å². The molecule has 0 aliphatic heterocycles. The molecule has 0 saturated carbocycles. The Kier molecular flexibility index (Phi) is 1.51. The average Bonchev–Trinajstić information content (AvgIpc) is 2.06. The van der Waals surface area contributed by atoms with Gasteiger partial charge in [-0.25, -0.2) is 14.6 Å². The second kappa shape index (κ2) is 2.55. The zero-order valence-electron chi connectivity index (χ0n) is 6.83. The average molecular weight is 178 g/mol. The predicted octanol–water partition coefficient (Wildman–Crippen LogP) is 0.185. The summed E-state index contributed by atoms with van der Waals surface area (Å²) in [5.74, 6) is -0.761. The lowest BCUT2D eigenvalue weighted by Crippen LogP contribution is -2.15. The number of H-pyrrole nitrogens is 1. The molecule has 0 fully saturated rings. The Hall–Kier alpha value is -1.91. The van der Waals surface area contributed by atoms with Crippen LogP contribution in [-0.2, 0) is 0 Å². The van der Waals surface area contributed by atoms with E-state index in [1.165, 1.54) is 0 Å². The number of aromatic nitrogens is 2. The van der Waals surface area contributed by atoms with E-state index in [-0.39, 0.29) is 5.52 Å². The van der Waals surface area contributed by atoms with E-state index in [1.807, 2.05) is 0 Å². The first-order valence-electron chi connectivity index (χ1n) is 3.67. The fourth-order valence-electron chi connectivity index (χ4n) is 1.08. The molecule has 2 aromatic heterocycles. The molecule has 0 bridgehead atoms.